The molecule has 0 aliphatic rings. The number of amides is 1. The van der Waals surface area contributed by atoms with Crippen molar-refractivity contribution < 1.29 is 13.6 Å². The van der Waals surface area contributed by atoms with E-state index in [9.17, 15) is 13.6 Å². The number of carbonyl (C=O) groups excluding carboxylic acids is 1. The summed E-state index contributed by atoms with van der Waals surface area (Å²) in [4.78, 5) is 19.7. The van der Waals surface area contributed by atoms with Crippen LogP contribution in [0, 0.1) is 11.6 Å². The quantitative estimate of drug-likeness (QED) is 0.899. The van der Waals surface area contributed by atoms with Crippen LogP contribution < -0.4 is 10.6 Å². The predicted molar refractivity (Wildman–Crippen MR) is 73.6 cm³/mol. The van der Waals surface area contributed by atoms with Crippen molar-refractivity contribution in [3.63, 3.8) is 0 Å². The molecule has 1 aromatic carbocycles. The van der Waals surface area contributed by atoms with Gasteiger partial charge < -0.3 is 10.6 Å². The van der Waals surface area contributed by atoms with Crippen LogP contribution in [0.15, 0.2) is 29.0 Å². The minimum absolute atomic E-state index is 0.00692. The Kier molecular flexibility index (Phi) is 4.23. The third-order valence-corrected chi connectivity index (χ3v) is 2.99. The largest absolute Gasteiger partial charge is 0.372 e. The van der Waals surface area contributed by atoms with Gasteiger partial charge in [0.05, 0.1) is 18.1 Å². The van der Waals surface area contributed by atoms with Crippen molar-refractivity contribution in [2.75, 3.05) is 17.7 Å². The van der Waals surface area contributed by atoms with Crippen LogP contribution in [0.4, 0.5) is 20.3 Å². The molecule has 1 heterocycles. The molecule has 2 N–H and O–H groups in total. The van der Waals surface area contributed by atoms with E-state index in [0.29, 0.717) is 11.9 Å². The number of nitrogens with zero attached hydrogens (tertiary/aromatic N) is 2. The van der Waals surface area contributed by atoms with Crippen LogP contribution >= 0.6 is 15.9 Å². The summed E-state index contributed by atoms with van der Waals surface area (Å²) in [7, 11) is 1.63. The second kappa shape index (κ2) is 5.91. The molecule has 5 nitrogen and oxygen atoms in total. The third-order valence-electron chi connectivity index (χ3n) is 2.37. The summed E-state index contributed by atoms with van der Waals surface area (Å²) in [5, 5.41) is 5.05. The van der Waals surface area contributed by atoms with E-state index in [1.54, 1.807) is 7.05 Å². The Labute approximate surface area is 121 Å². The number of rotatable bonds is 3. The molecule has 0 fully saturated rings. The van der Waals surface area contributed by atoms with Gasteiger partial charge in [-0.15, -0.1) is 0 Å². The van der Waals surface area contributed by atoms with Crippen LogP contribution in [0.5, 0.6) is 0 Å². The lowest BCUT2D eigenvalue weighted by molar-refractivity contribution is 0.102. The van der Waals surface area contributed by atoms with E-state index in [2.05, 4.69) is 36.5 Å². The zero-order chi connectivity index (χ0) is 14.7. The minimum Gasteiger partial charge on any atom is -0.372 e. The van der Waals surface area contributed by atoms with E-state index in [-0.39, 0.29) is 15.9 Å². The average Bonchev–Trinajstić information content (AvgIpc) is 2.42. The Hall–Kier alpha value is -2.09. The van der Waals surface area contributed by atoms with Gasteiger partial charge in [-0.2, -0.15) is 0 Å². The number of halogens is 3. The fourth-order valence-electron chi connectivity index (χ4n) is 1.44. The van der Waals surface area contributed by atoms with Gasteiger partial charge in [-0.25, -0.2) is 13.8 Å². The standard InChI is InChI=1S/C12H9BrF2N4O/c1-16-10-5-17-4-9(18-10)12(20)19-11-7(13)2-6(14)3-8(11)15/h2-5H,1H3,(H,16,18)(H,19,20). The Morgan fingerprint density at radius 3 is 2.70 bits per heavy atom. The van der Waals surface area contributed by atoms with Gasteiger partial charge in [0.2, 0.25) is 0 Å². The summed E-state index contributed by atoms with van der Waals surface area (Å²) in [6.07, 6.45) is 2.68. The maximum Gasteiger partial charge on any atom is 0.276 e. The molecule has 2 rings (SSSR count). The first-order chi connectivity index (χ1) is 9.51. The molecule has 1 aromatic heterocycles. The van der Waals surface area contributed by atoms with Gasteiger partial charge in [-0.3, -0.25) is 9.78 Å². The van der Waals surface area contributed by atoms with Crippen LogP contribution in [-0.2, 0) is 0 Å². The molecule has 0 saturated heterocycles. The molecular weight excluding hydrogens is 334 g/mol. The summed E-state index contributed by atoms with van der Waals surface area (Å²) in [5.41, 5.74) is -0.152. The van der Waals surface area contributed by atoms with Gasteiger partial charge in [0.25, 0.3) is 5.91 Å². The molecule has 0 spiro atoms. The SMILES string of the molecule is CNc1cncc(C(=O)Nc2c(F)cc(F)cc2Br)n1. The van der Waals surface area contributed by atoms with Gasteiger partial charge in [0.1, 0.15) is 17.3 Å². The van der Waals surface area contributed by atoms with Gasteiger partial charge >= 0.3 is 0 Å². The first-order valence-corrected chi connectivity index (χ1v) is 6.26. The number of nitrogens with one attached hydrogen (secondary N) is 2. The maximum absolute atomic E-state index is 13.6. The van der Waals surface area contributed by atoms with Gasteiger partial charge in [-0.1, -0.05) is 0 Å². The fourth-order valence-corrected chi connectivity index (χ4v) is 1.94. The summed E-state index contributed by atoms with van der Waals surface area (Å²) in [5.74, 6) is -1.88. The first-order valence-electron chi connectivity index (χ1n) is 5.47. The Balaban J connectivity index is 2.28. The highest BCUT2D eigenvalue weighted by Crippen LogP contribution is 2.27. The molecule has 0 bridgehead atoms. The molecule has 0 saturated carbocycles. The number of benzene rings is 1. The van der Waals surface area contributed by atoms with Crippen molar-refractivity contribution >= 4 is 33.3 Å². The van der Waals surface area contributed by atoms with Crippen LogP contribution in [0.25, 0.3) is 0 Å². The number of hydrogen-bond donors (Lipinski definition) is 2. The van der Waals surface area contributed by atoms with E-state index in [4.69, 9.17) is 0 Å². The Morgan fingerprint density at radius 2 is 2.05 bits per heavy atom. The first kappa shape index (κ1) is 14.3. The second-order valence-corrected chi connectivity index (χ2v) is 4.59. The average molecular weight is 343 g/mol. The summed E-state index contributed by atoms with van der Waals surface area (Å²) in [6.45, 7) is 0. The molecule has 2 aromatic rings. The molecule has 0 atom stereocenters. The van der Waals surface area contributed by atoms with Crippen molar-refractivity contribution in [2.45, 2.75) is 0 Å². The summed E-state index contributed by atoms with van der Waals surface area (Å²) in [6, 6.07) is 1.73. The van der Waals surface area contributed by atoms with Crippen LogP contribution in [0.3, 0.4) is 0 Å². The number of aromatic nitrogens is 2. The van der Waals surface area contributed by atoms with Gasteiger partial charge in [0.15, 0.2) is 5.82 Å². The zero-order valence-corrected chi connectivity index (χ0v) is 11.8. The van der Waals surface area contributed by atoms with E-state index >= 15 is 0 Å². The Morgan fingerprint density at radius 1 is 1.30 bits per heavy atom. The Bertz CT molecular complexity index is 643. The highest BCUT2D eigenvalue weighted by Gasteiger charge is 2.15. The molecular formula is C12H9BrF2N4O. The van der Waals surface area contributed by atoms with Crippen LogP contribution in [0.1, 0.15) is 10.5 Å². The monoisotopic (exact) mass is 342 g/mol. The molecule has 0 aliphatic carbocycles. The van der Waals surface area contributed by atoms with Crippen molar-refractivity contribution in [3.8, 4) is 0 Å². The highest BCUT2D eigenvalue weighted by molar-refractivity contribution is 9.10. The van der Waals surface area contributed by atoms with Crippen LogP contribution in [-0.4, -0.2) is 22.9 Å². The maximum atomic E-state index is 13.6. The van der Waals surface area contributed by atoms with E-state index < -0.39 is 17.5 Å². The van der Waals surface area contributed by atoms with Crippen LogP contribution in [0.2, 0.25) is 0 Å². The normalized spacial score (nSPS) is 10.2. The number of anilines is 2. The van der Waals surface area contributed by atoms with E-state index in [1.807, 2.05) is 0 Å². The highest BCUT2D eigenvalue weighted by atomic mass is 79.9. The molecule has 0 unspecified atom stereocenters. The second-order valence-electron chi connectivity index (χ2n) is 3.74. The lowest BCUT2D eigenvalue weighted by Gasteiger charge is -2.09. The molecule has 0 radical (unpaired) electrons. The topological polar surface area (TPSA) is 66.9 Å². The molecule has 20 heavy (non-hydrogen) atoms. The predicted octanol–water partition coefficient (Wildman–Crippen LogP) is 2.81. The minimum atomic E-state index is -0.886. The molecule has 1 amide bonds. The molecule has 104 valence electrons. The molecule has 8 heteroatoms. The third kappa shape index (κ3) is 3.08. The van der Waals surface area contributed by atoms with E-state index in [0.717, 1.165) is 6.07 Å². The van der Waals surface area contributed by atoms with Gasteiger partial charge in [0, 0.05) is 17.6 Å². The molecule has 0 aliphatic heterocycles. The lowest BCUT2D eigenvalue weighted by Crippen LogP contribution is -2.16. The summed E-state index contributed by atoms with van der Waals surface area (Å²) < 4.78 is 26.7. The summed E-state index contributed by atoms with van der Waals surface area (Å²) >= 11 is 2.98. The lowest BCUT2D eigenvalue weighted by atomic mass is 10.3. The van der Waals surface area contributed by atoms with Crippen molar-refractivity contribution in [1.29, 1.82) is 0 Å². The van der Waals surface area contributed by atoms with Crippen molar-refractivity contribution in [1.82, 2.24) is 9.97 Å². The number of hydrogen-bond acceptors (Lipinski definition) is 4. The van der Waals surface area contributed by atoms with E-state index in [1.165, 1.54) is 12.4 Å². The smallest absolute Gasteiger partial charge is 0.276 e. The zero-order valence-electron chi connectivity index (χ0n) is 10.2. The van der Waals surface area contributed by atoms with Crippen molar-refractivity contribution in [2.24, 2.45) is 0 Å². The van der Waals surface area contributed by atoms with Gasteiger partial charge in [-0.05, 0) is 22.0 Å². The van der Waals surface area contributed by atoms with Crippen molar-refractivity contribution in [3.05, 3.63) is 46.3 Å². The fraction of sp³-hybridized carbons (Fsp3) is 0.0833. The number of carbonyl (C=O) groups is 1.